The van der Waals surface area contributed by atoms with Crippen LogP contribution in [0, 0.1) is 6.92 Å². The van der Waals surface area contributed by atoms with E-state index in [1.54, 1.807) is 12.4 Å². The number of hydrogen-bond donors (Lipinski definition) is 1. The first-order chi connectivity index (χ1) is 9.11. The zero-order chi connectivity index (χ0) is 13.8. The summed E-state index contributed by atoms with van der Waals surface area (Å²) in [6.07, 6.45) is 4.24. The highest BCUT2D eigenvalue weighted by Crippen LogP contribution is 2.26. The second-order valence-electron chi connectivity index (χ2n) is 4.51. The fourth-order valence-corrected chi connectivity index (χ4v) is 2.52. The maximum absolute atomic E-state index is 6.17. The Bertz CT molecular complexity index is 570. The predicted molar refractivity (Wildman–Crippen MR) is 80.9 cm³/mol. The van der Waals surface area contributed by atoms with Crippen LogP contribution in [0.2, 0.25) is 10.0 Å². The summed E-state index contributed by atoms with van der Waals surface area (Å²) in [5.41, 5.74) is 3.49. The van der Waals surface area contributed by atoms with Gasteiger partial charge in [0.05, 0.1) is 5.02 Å². The predicted octanol–water partition coefficient (Wildman–Crippen LogP) is 4.20. The van der Waals surface area contributed by atoms with E-state index < -0.39 is 0 Å². The molecular formula is C15H16Cl2N2. The molecule has 19 heavy (non-hydrogen) atoms. The number of pyridine rings is 1. The molecule has 1 heterocycles. The Labute approximate surface area is 123 Å². The Morgan fingerprint density at radius 3 is 2.74 bits per heavy atom. The Kier molecular flexibility index (Phi) is 4.81. The molecule has 2 nitrogen and oxygen atoms in total. The van der Waals surface area contributed by atoms with Crippen LogP contribution in [0.25, 0.3) is 0 Å². The Morgan fingerprint density at radius 1 is 1.26 bits per heavy atom. The van der Waals surface area contributed by atoms with E-state index >= 15 is 0 Å². The second-order valence-corrected chi connectivity index (χ2v) is 5.36. The molecule has 0 aliphatic carbocycles. The molecule has 1 N–H and O–H groups in total. The average Bonchev–Trinajstić information content (AvgIpc) is 2.41. The molecule has 0 radical (unpaired) electrons. The number of rotatable bonds is 4. The van der Waals surface area contributed by atoms with Gasteiger partial charge in [-0.2, -0.15) is 0 Å². The van der Waals surface area contributed by atoms with Crippen LogP contribution < -0.4 is 5.32 Å². The standard InChI is InChI=1S/C15H16Cl2N2/c1-10-3-4-12(16)8-13(10)15(18-2)7-11-5-6-19-9-14(11)17/h3-6,8-9,15,18H,7H2,1-2H3. The van der Waals surface area contributed by atoms with Crippen molar-refractivity contribution in [2.75, 3.05) is 7.05 Å². The largest absolute Gasteiger partial charge is 0.313 e. The van der Waals surface area contributed by atoms with E-state index in [4.69, 9.17) is 23.2 Å². The maximum atomic E-state index is 6.17. The van der Waals surface area contributed by atoms with Crippen molar-refractivity contribution < 1.29 is 0 Å². The molecule has 0 bridgehead atoms. The molecule has 0 fully saturated rings. The van der Waals surface area contributed by atoms with E-state index in [2.05, 4.69) is 17.2 Å². The van der Waals surface area contributed by atoms with Crippen LogP contribution in [0.15, 0.2) is 36.7 Å². The van der Waals surface area contributed by atoms with Crippen LogP contribution in [0.1, 0.15) is 22.7 Å². The average molecular weight is 295 g/mol. The number of aromatic nitrogens is 1. The molecule has 1 aromatic heterocycles. The quantitative estimate of drug-likeness (QED) is 0.914. The van der Waals surface area contributed by atoms with Gasteiger partial charge in [0.1, 0.15) is 0 Å². The zero-order valence-corrected chi connectivity index (χ0v) is 12.5. The van der Waals surface area contributed by atoms with E-state index in [0.29, 0.717) is 5.02 Å². The number of likely N-dealkylation sites (N-methyl/N-ethyl adjacent to an activating group) is 1. The van der Waals surface area contributed by atoms with Gasteiger partial charge in [-0.1, -0.05) is 29.3 Å². The monoisotopic (exact) mass is 294 g/mol. The number of benzene rings is 1. The Morgan fingerprint density at radius 2 is 2.05 bits per heavy atom. The van der Waals surface area contributed by atoms with Crippen LogP contribution in [0.5, 0.6) is 0 Å². The second kappa shape index (κ2) is 6.38. The lowest BCUT2D eigenvalue weighted by Crippen LogP contribution is -2.20. The van der Waals surface area contributed by atoms with Crippen molar-refractivity contribution in [3.05, 3.63) is 63.4 Å². The molecule has 2 aromatic rings. The summed E-state index contributed by atoms with van der Waals surface area (Å²) in [5, 5.41) is 4.77. The van der Waals surface area contributed by atoms with Gasteiger partial charge in [-0.15, -0.1) is 0 Å². The molecule has 1 aromatic carbocycles. The molecule has 0 aliphatic rings. The van der Waals surface area contributed by atoms with Gasteiger partial charge >= 0.3 is 0 Å². The van der Waals surface area contributed by atoms with Gasteiger partial charge in [0.2, 0.25) is 0 Å². The van der Waals surface area contributed by atoms with Crippen molar-refractivity contribution in [2.45, 2.75) is 19.4 Å². The highest BCUT2D eigenvalue weighted by molar-refractivity contribution is 6.31. The van der Waals surface area contributed by atoms with Crippen LogP contribution in [0.4, 0.5) is 0 Å². The van der Waals surface area contributed by atoms with Crippen LogP contribution in [0.3, 0.4) is 0 Å². The van der Waals surface area contributed by atoms with E-state index in [9.17, 15) is 0 Å². The molecular weight excluding hydrogens is 279 g/mol. The molecule has 4 heteroatoms. The van der Waals surface area contributed by atoms with Crippen molar-refractivity contribution in [3.63, 3.8) is 0 Å². The first kappa shape index (κ1) is 14.3. The normalized spacial score (nSPS) is 12.4. The van der Waals surface area contributed by atoms with E-state index in [1.165, 1.54) is 11.1 Å². The van der Waals surface area contributed by atoms with E-state index in [1.807, 2.05) is 31.3 Å². The van der Waals surface area contributed by atoms with Crippen LogP contribution in [-0.2, 0) is 6.42 Å². The van der Waals surface area contributed by atoms with E-state index in [-0.39, 0.29) is 6.04 Å². The van der Waals surface area contributed by atoms with Gasteiger partial charge in [0, 0.05) is 23.5 Å². The minimum atomic E-state index is 0.179. The topological polar surface area (TPSA) is 24.9 Å². The summed E-state index contributed by atoms with van der Waals surface area (Å²) in [4.78, 5) is 4.01. The van der Waals surface area contributed by atoms with Gasteiger partial charge in [-0.25, -0.2) is 0 Å². The van der Waals surface area contributed by atoms with Gasteiger partial charge in [0.25, 0.3) is 0 Å². The number of nitrogens with zero attached hydrogens (tertiary/aromatic N) is 1. The lowest BCUT2D eigenvalue weighted by Gasteiger charge is -2.19. The van der Waals surface area contributed by atoms with Gasteiger partial charge < -0.3 is 5.32 Å². The molecule has 100 valence electrons. The third kappa shape index (κ3) is 3.47. The first-order valence-corrected chi connectivity index (χ1v) is 6.89. The lowest BCUT2D eigenvalue weighted by atomic mass is 9.96. The van der Waals surface area contributed by atoms with Gasteiger partial charge in [0.15, 0.2) is 0 Å². The molecule has 1 unspecified atom stereocenters. The molecule has 0 aliphatic heterocycles. The smallest absolute Gasteiger partial charge is 0.0622 e. The van der Waals surface area contributed by atoms with Gasteiger partial charge in [-0.3, -0.25) is 4.98 Å². The number of aryl methyl sites for hydroxylation is 1. The molecule has 0 saturated carbocycles. The van der Waals surface area contributed by atoms with E-state index in [0.717, 1.165) is 17.0 Å². The number of halogens is 2. The summed E-state index contributed by atoms with van der Waals surface area (Å²) in [6.45, 7) is 2.09. The Hall–Kier alpha value is -1.09. The highest BCUT2D eigenvalue weighted by Gasteiger charge is 2.14. The summed E-state index contributed by atoms with van der Waals surface area (Å²) in [7, 11) is 1.94. The van der Waals surface area contributed by atoms with Crippen LogP contribution in [-0.4, -0.2) is 12.0 Å². The fourth-order valence-electron chi connectivity index (χ4n) is 2.14. The molecule has 0 saturated heterocycles. The van der Waals surface area contributed by atoms with Crippen LogP contribution >= 0.6 is 23.2 Å². The third-order valence-electron chi connectivity index (χ3n) is 3.25. The van der Waals surface area contributed by atoms with Crippen molar-refractivity contribution in [2.24, 2.45) is 0 Å². The number of hydrogen-bond acceptors (Lipinski definition) is 2. The molecule has 0 amide bonds. The summed E-state index contributed by atoms with van der Waals surface area (Å²) in [5.74, 6) is 0. The molecule has 2 rings (SSSR count). The lowest BCUT2D eigenvalue weighted by molar-refractivity contribution is 0.589. The summed E-state index contributed by atoms with van der Waals surface area (Å²) >= 11 is 12.3. The minimum absolute atomic E-state index is 0.179. The first-order valence-electron chi connectivity index (χ1n) is 6.13. The van der Waals surface area contributed by atoms with Crippen molar-refractivity contribution in [1.29, 1.82) is 0 Å². The SMILES string of the molecule is CNC(Cc1ccncc1Cl)c1cc(Cl)ccc1C. The zero-order valence-electron chi connectivity index (χ0n) is 11.0. The highest BCUT2D eigenvalue weighted by atomic mass is 35.5. The summed E-state index contributed by atoms with van der Waals surface area (Å²) < 4.78 is 0. The van der Waals surface area contributed by atoms with Crippen molar-refractivity contribution >= 4 is 23.2 Å². The van der Waals surface area contributed by atoms with Crippen molar-refractivity contribution in [1.82, 2.24) is 10.3 Å². The third-order valence-corrected chi connectivity index (χ3v) is 3.82. The summed E-state index contributed by atoms with van der Waals surface area (Å²) in [6, 6.07) is 8.08. The Balaban J connectivity index is 2.30. The minimum Gasteiger partial charge on any atom is -0.313 e. The number of nitrogens with one attached hydrogen (secondary N) is 1. The molecule has 1 atom stereocenters. The maximum Gasteiger partial charge on any atom is 0.0622 e. The molecule has 0 spiro atoms. The fraction of sp³-hybridized carbons (Fsp3) is 0.267. The van der Waals surface area contributed by atoms with Crippen molar-refractivity contribution in [3.8, 4) is 0 Å². The van der Waals surface area contributed by atoms with Gasteiger partial charge in [-0.05, 0) is 55.3 Å².